The fraction of sp³-hybridized carbons (Fsp3) is 0.455. The van der Waals surface area contributed by atoms with Gasteiger partial charge in [0, 0.05) is 45.0 Å². The van der Waals surface area contributed by atoms with Crippen molar-refractivity contribution in [2.75, 3.05) is 50.8 Å². The van der Waals surface area contributed by atoms with Crippen molar-refractivity contribution in [2.45, 2.75) is 18.7 Å². The summed E-state index contributed by atoms with van der Waals surface area (Å²) in [5, 5.41) is 0. The second kappa shape index (κ2) is 10.1. The molecule has 0 spiro atoms. The Bertz CT molecular complexity index is 847. The highest BCUT2D eigenvalue weighted by Gasteiger charge is 2.18. The van der Waals surface area contributed by atoms with Crippen LogP contribution in [0.3, 0.4) is 0 Å². The summed E-state index contributed by atoms with van der Waals surface area (Å²) in [6, 6.07) is 17.0. The van der Waals surface area contributed by atoms with Crippen LogP contribution in [0, 0.1) is 5.92 Å². The number of anilines is 1. The van der Waals surface area contributed by atoms with Gasteiger partial charge >= 0.3 is 0 Å². The molecular weight excluding hydrogens is 386 g/mol. The maximum Gasteiger partial charge on any atom is 0.240 e. The van der Waals surface area contributed by atoms with Gasteiger partial charge < -0.3 is 9.64 Å². The number of nitrogens with one attached hydrogen (secondary N) is 1. The number of hydrogen-bond donors (Lipinski definition) is 1. The molecule has 158 valence electrons. The van der Waals surface area contributed by atoms with Gasteiger partial charge in [-0.1, -0.05) is 32.0 Å². The van der Waals surface area contributed by atoms with Crippen LogP contribution in [0.25, 0.3) is 0 Å². The van der Waals surface area contributed by atoms with Gasteiger partial charge in [0.25, 0.3) is 0 Å². The van der Waals surface area contributed by atoms with Crippen LogP contribution in [0.5, 0.6) is 5.75 Å². The lowest BCUT2D eigenvalue weighted by Gasteiger charge is -2.36. The SMILES string of the molecule is CC(C)COc1ccc(S(=O)(=O)NCCN2CCN(c3ccccc3)CC2)cc1. The first-order valence-electron chi connectivity index (χ1n) is 10.2. The van der Waals surface area contributed by atoms with Gasteiger partial charge in [0.05, 0.1) is 11.5 Å². The Kier molecular flexibility index (Phi) is 7.52. The summed E-state index contributed by atoms with van der Waals surface area (Å²) < 4.78 is 33.3. The molecule has 2 aromatic rings. The topological polar surface area (TPSA) is 61.9 Å². The molecule has 1 heterocycles. The Morgan fingerprint density at radius 1 is 0.966 bits per heavy atom. The monoisotopic (exact) mass is 417 g/mol. The zero-order valence-electron chi connectivity index (χ0n) is 17.3. The highest BCUT2D eigenvalue weighted by atomic mass is 32.2. The van der Waals surface area contributed by atoms with Gasteiger partial charge in [0.15, 0.2) is 0 Å². The standard InChI is InChI=1S/C22H31N3O3S/c1-19(2)18-28-21-8-10-22(11-9-21)29(26,27)23-12-13-24-14-16-25(17-15-24)20-6-4-3-5-7-20/h3-11,19,23H,12-18H2,1-2H3. The zero-order chi connectivity index (χ0) is 20.7. The molecule has 1 fully saturated rings. The Morgan fingerprint density at radius 3 is 2.24 bits per heavy atom. The minimum Gasteiger partial charge on any atom is -0.493 e. The average molecular weight is 418 g/mol. The Hall–Kier alpha value is -2.09. The van der Waals surface area contributed by atoms with E-state index in [9.17, 15) is 8.42 Å². The molecule has 2 aromatic carbocycles. The minimum atomic E-state index is -3.51. The summed E-state index contributed by atoms with van der Waals surface area (Å²) in [4.78, 5) is 4.93. The fourth-order valence-corrected chi connectivity index (χ4v) is 4.29. The summed E-state index contributed by atoms with van der Waals surface area (Å²) in [6.45, 7) is 9.63. The van der Waals surface area contributed by atoms with Gasteiger partial charge in [-0.2, -0.15) is 0 Å². The van der Waals surface area contributed by atoms with Crippen LogP contribution in [0.15, 0.2) is 59.5 Å². The smallest absolute Gasteiger partial charge is 0.240 e. The normalized spacial score (nSPS) is 15.6. The molecule has 0 bridgehead atoms. The molecule has 1 saturated heterocycles. The maximum atomic E-state index is 12.5. The Balaban J connectivity index is 1.43. The third-order valence-electron chi connectivity index (χ3n) is 4.93. The molecule has 3 rings (SSSR count). The number of benzene rings is 2. The van der Waals surface area contributed by atoms with Gasteiger partial charge in [0.2, 0.25) is 10.0 Å². The molecule has 1 N–H and O–H groups in total. The quantitative estimate of drug-likeness (QED) is 0.680. The molecule has 0 atom stereocenters. The number of ether oxygens (including phenoxy) is 1. The summed E-state index contributed by atoms with van der Waals surface area (Å²) in [6.07, 6.45) is 0. The number of para-hydroxylation sites is 1. The first-order chi connectivity index (χ1) is 13.9. The number of rotatable bonds is 9. The summed E-state index contributed by atoms with van der Waals surface area (Å²) in [5.74, 6) is 1.11. The lowest BCUT2D eigenvalue weighted by molar-refractivity contribution is 0.262. The van der Waals surface area contributed by atoms with E-state index in [0.29, 0.717) is 31.4 Å². The largest absolute Gasteiger partial charge is 0.493 e. The van der Waals surface area contributed by atoms with E-state index in [2.05, 4.69) is 52.6 Å². The van der Waals surface area contributed by atoms with Gasteiger partial charge in [-0.25, -0.2) is 13.1 Å². The number of piperazine rings is 1. The van der Waals surface area contributed by atoms with Crippen LogP contribution < -0.4 is 14.4 Å². The second-order valence-electron chi connectivity index (χ2n) is 7.74. The van der Waals surface area contributed by atoms with E-state index in [-0.39, 0.29) is 4.90 Å². The molecule has 0 amide bonds. The fourth-order valence-electron chi connectivity index (χ4n) is 3.27. The Morgan fingerprint density at radius 2 is 1.62 bits per heavy atom. The van der Waals surface area contributed by atoms with Gasteiger partial charge in [-0.05, 0) is 42.3 Å². The van der Waals surface area contributed by atoms with Crippen LogP contribution >= 0.6 is 0 Å². The van der Waals surface area contributed by atoms with E-state index in [4.69, 9.17) is 4.74 Å². The van der Waals surface area contributed by atoms with E-state index in [0.717, 1.165) is 26.2 Å². The molecule has 0 aliphatic carbocycles. The third kappa shape index (κ3) is 6.45. The van der Waals surface area contributed by atoms with Crippen molar-refractivity contribution in [3.63, 3.8) is 0 Å². The van der Waals surface area contributed by atoms with Crippen molar-refractivity contribution in [3.05, 3.63) is 54.6 Å². The molecule has 6 nitrogen and oxygen atoms in total. The highest BCUT2D eigenvalue weighted by Crippen LogP contribution is 2.17. The molecule has 0 aromatic heterocycles. The summed E-state index contributed by atoms with van der Waals surface area (Å²) in [5.41, 5.74) is 1.24. The highest BCUT2D eigenvalue weighted by molar-refractivity contribution is 7.89. The second-order valence-corrected chi connectivity index (χ2v) is 9.51. The Labute approximate surface area is 174 Å². The average Bonchev–Trinajstić information content (AvgIpc) is 2.73. The van der Waals surface area contributed by atoms with Crippen molar-refractivity contribution < 1.29 is 13.2 Å². The summed E-state index contributed by atoms with van der Waals surface area (Å²) >= 11 is 0. The lowest BCUT2D eigenvalue weighted by Crippen LogP contribution is -2.48. The maximum absolute atomic E-state index is 12.5. The van der Waals surface area contributed by atoms with Crippen molar-refractivity contribution in [1.82, 2.24) is 9.62 Å². The zero-order valence-corrected chi connectivity index (χ0v) is 18.1. The van der Waals surface area contributed by atoms with Crippen LogP contribution in [0.1, 0.15) is 13.8 Å². The van der Waals surface area contributed by atoms with Crippen molar-refractivity contribution in [2.24, 2.45) is 5.92 Å². The van der Waals surface area contributed by atoms with Crippen LogP contribution in [-0.4, -0.2) is 59.2 Å². The molecule has 1 aliphatic rings. The van der Waals surface area contributed by atoms with E-state index >= 15 is 0 Å². The predicted molar refractivity (Wildman–Crippen MR) is 117 cm³/mol. The third-order valence-corrected chi connectivity index (χ3v) is 6.41. The van der Waals surface area contributed by atoms with Gasteiger partial charge in [-0.3, -0.25) is 4.90 Å². The van der Waals surface area contributed by atoms with Crippen LogP contribution in [0.2, 0.25) is 0 Å². The first kappa shape index (κ1) is 21.6. The molecular formula is C22H31N3O3S. The van der Waals surface area contributed by atoms with Gasteiger partial charge in [-0.15, -0.1) is 0 Å². The van der Waals surface area contributed by atoms with Crippen molar-refractivity contribution in [3.8, 4) is 5.75 Å². The van der Waals surface area contributed by atoms with E-state index < -0.39 is 10.0 Å². The minimum absolute atomic E-state index is 0.267. The molecule has 0 saturated carbocycles. The number of nitrogens with zero attached hydrogens (tertiary/aromatic N) is 2. The molecule has 7 heteroatoms. The van der Waals surface area contributed by atoms with E-state index in [1.54, 1.807) is 24.3 Å². The molecule has 29 heavy (non-hydrogen) atoms. The van der Waals surface area contributed by atoms with E-state index in [1.807, 2.05) is 6.07 Å². The van der Waals surface area contributed by atoms with Crippen LogP contribution in [0.4, 0.5) is 5.69 Å². The van der Waals surface area contributed by atoms with E-state index in [1.165, 1.54) is 5.69 Å². The van der Waals surface area contributed by atoms with Gasteiger partial charge in [0.1, 0.15) is 5.75 Å². The first-order valence-corrected chi connectivity index (χ1v) is 11.7. The molecule has 0 radical (unpaired) electrons. The number of hydrogen-bond acceptors (Lipinski definition) is 5. The molecule has 1 aliphatic heterocycles. The van der Waals surface area contributed by atoms with Crippen molar-refractivity contribution in [1.29, 1.82) is 0 Å². The van der Waals surface area contributed by atoms with Crippen molar-refractivity contribution >= 4 is 15.7 Å². The summed E-state index contributed by atoms with van der Waals surface area (Å²) in [7, 11) is -3.51. The predicted octanol–water partition coefficient (Wildman–Crippen LogP) is 2.82. The molecule has 0 unspecified atom stereocenters. The van der Waals surface area contributed by atoms with Crippen LogP contribution in [-0.2, 0) is 10.0 Å². The lowest BCUT2D eigenvalue weighted by atomic mass is 10.2. The number of sulfonamides is 1.